The second-order valence-electron chi connectivity index (χ2n) is 5.65. The van der Waals surface area contributed by atoms with Crippen molar-refractivity contribution >= 4 is 29.7 Å². The number of anilines is 2. The first-order valence-electron chi connectivity index (χ1n) is 7.84. The molecule has 0 radical (unpaired) electrons. The second kappa shape index (κ2) is 7.08. The zero-order chi connectivity index (χ0) is 17.8. The number of aryl methyl sites for hydroxylation is 1. The summed E-state index contributed by atoms with van der Waals surface area (Å²) in [5.41, 5.74) is 9.60. The van der Waals surface area contributed by atoms with E-state index in [1.807, 2.05) is 35.9 Å². The second-order valence-corrected chi connectivity index (χ2v) is 5.65. The van der Waals surface area contributed by atoms with Crippen molar-refractivity contribution in [1.82, 2.24) is 19.4 Å². The van der Waals surface area contributed by atoms with Gasteiger partial charge in [0.25, 0.3) is 0 Å². The van der Waals surface area contributed by atoms with Crippen molar-refractivity contribution in [1.29, 1.82) is 5.41 Å². The number of aliphatic imine (C=N–C) groups is 1. The van der Waals surface area contributed by atoms with Crippen LogP contribution in [0.25, 0.3) is 5.65 Å². The number of hydrogen-bond acceptors (Lipinski definition) is 7. The molecule has 0 amide bonds. The van der Waals surface area contributed by atoms with Crippen molar-refractivity contribution in [2.24, 2.45) is 4.99 Å². The van der Waals surface area contributed by atoms with Crippen molar-refractivity contribution in [2.75, 3.05) is 18.1 Å². The van der Waals surface area contributed by atoms with Gasteiger partial charge in [-0.25, -0.2) is 15.0 Å². The van der Waals surface area contributed by atoms with Crippen LogP contribution in [0.3, 0.4) is 0 Å². The fraction of sp³-hybridized carbons (Fsp3) is 0.235. The van der Waals surface area contributed by atoms with E-state index >= 15 is 0 Å². The number of nitrogen functional groups attached to an aromatic ring is 1. The van der Waals surface area contributed by atoms with Crippen LogP contribution in [0.2, 0.25) is 0 Å². The minimum atomic E-state index is -0.316. The number of nitrogens with one attached hydrogen (secondary N) is 2. The molecule has 0 aromatic carbocycles. The normalized spacial score (nSPS) is 12.6. The Morgan fingerprint density at radius 1 is 1.36 bits per heavy atom. The minimum absolute atomic E-state index is 0.316. The predicted octanol–water partition coefficient (Wildman–Crippen LogP) is 2.06. The molecule has 0 saturated carbocycles. The lowest BCUT2D eigenvalue weighted by Gasteiger charge is -2.12. The van der Waals surface area contributed by atoms with Crippen molar-refractivity contribution in [3.8, 4) is 0 Å². The molecule has 128 valence electrons. The Hall–Kier alpha value is -3.29. The van der Waals surface area contributed by atoms with E-state index in [1.54, 1.807) is 19.5 Å². The lowest BCUT2D eigenvalue weighted by atomic mass is 10.1. The van der Waals surface area contributed by atoms with Crippen molar-refractivity contribution in [2.45, 2.75) is 19.4 Å². The van der Waals surface area contributed by atoms with Gasteiger partial charge in [0.1, 0.15) is 5.65 Å². The van der Waals surface area contributed by atoms with E-state index in [1.165, 1.54) is 6.21 Å². The highest BCUT2D eigenvalue weighted by Crippen LogP contribution is 2.18. The molecule has 0 aliphatic heterocycles. The van der Waals surface area contributed by atoms with Gasteiger partial charge in [-0.2, -0.15) is 0 Å². The number of pyridine rings is 1. The van der Waals surface area contributed by atoms with E-state index in [9.17, 15) is 0 Å². The molecular weight excluding hydrogens is 316 g/mol. The summed E-state index contributed by atoms with van der Waals surface area (Å²) in [5.74, 6) is 0.501. The van der Waals surface area contributed by atoms with Crippen LogP contribution >= 0.6 is 0 Å². The van der Waals surface area contributed by atoms with Crippen LogP contribution in [0.4, 0.5) is 11.6 Å². The summed E-state index contributed by atoms with van der Waals surface area (Å²) >= 11 is 0. The van der Waals surface area contributed by atoms with E-state index in [0.717, 1.165) is 16.9 Å². The number of imidazole rings is 1. The Morgan fingerprint density at radius 3 is 2.96 bits per heavy atom. The molecule has 0 spiro atoms. The smallest absolute Gasteiger partial charge is 0.169 e. The van der Waals surface area contributed by atoms with Crippen LogP contribution in [0, 0.1) is 12.3 Å². The summed E-state index contributed by atoms with van der Waals surface area (Å²) in [7, 11) is 1.66. The number of hydrogen-bond donors (Lipinski definition) is 3. The molecule has 25 heavy (non-hydrogen) atoms. The Kier molecular flexibility index (Phi) is 4.69. The molecule has 8 heteroatoms. The molecule has 0 bridgehead atoms. The van der Waals surface area contributed by atoms with E-state index in [4.69, 9.17) is 11.1 Å². The quantitative estimate of drug-likeness (QED) is 0.596. The molecule has 8 nitrogen and oxygen atoms in total. The van der Waals surface area contributed by atoms with Gasteiger partial charge in [0.15, 0.2) is 11.6 Å². The van der Waals surface area contributed by atoms with Crippen LogP contribution in [0.15, 0.2) is 35.7 Å². The maximum atomic E-state index is 7.50. The minimum Gasteiger partial charge on any atom is -0.381 e. The van der Waals surface area contributed by atoms with Crippen LogP contribution in [-0.4, -0.2) is 38.8 Å². The molecule has 3 aromatic rings. The Labute approximate surface area is 145 Å². The third-order valence-corrected chi connectivity index (χ3v) is 3.86. The lowest BCUT2D eigenvalue weighted by Crippen LogP contribution is -2.11. The Bertz CT molecular complexity index is 928. The summed E-state index contributed by atoms with van der Waals surface area (Å²) in [5, 5.41) is 10.7. The molecule has 0 aliphatic rings. The SMILES string of the molecule is CN=CC(C=N)c1cnc(N)c(NCc2ccc3ncc(C)n3c2)n1. The first-order chi connectivity index (χ1) is 12.1. The molecule has 3 rings (SSSR count). The Balaban J connectivity index is 1.81. The molecule has 3 heterocycles. The topological polar surface area (TPSA) is 117 Å². The van der Waals surface area contributed by atoms with E-state index in [-0.39, 0.29) is 5.92 Å². The predicted molar refractivity (Wildman–Crippen MR) is 99.6 cm³/mol. The highest BCUT2D eigenvalue weighted by molar-refractivity contribution is 5.88. The van der Waals surface area contributed by atoms with Crippen LogP contribution in [0.1, 0.15) is 22.9 Å². The molecule has 0 aliphatic carbocycles. The molecule has 1 atom stereocenters. The summed E-state index contributed by atoms with van der Waals surface area (Å²) < 4.78 is 2.03. The van der Waals surface area contributed by atoms with Crippen LogP contribution < -0.4 is 11.1 Å². The van der Waals surface area contributed by atoms with Gasteiger partial charge in [0, 0.05) is 44.1 Å². The lowest BCUT2D eigenvalue weighted by molar-refractivity contribution is 1.00. The average Bonchev–Trinajstić information content (AvgIpc) is 3.00. The first kappa shape index (κ1) is 16.6. The zero-order valence-electron chi connectivity index (χ0n) is 14.1. The van der Waals surface area contributed by atoms with Gasteiger partial charge >= 0.3 is 0 Å². The average molecular weight is 336 g/mol. The fourth-order valence-electron chi connectivity index (χ4n) is 2.50. The van der Waals surface area contributed by atoms with E-state index in [0.29, 0.717) is 23.9 Å². The summed E-state index contributed by atoms with van der Waals surface area (Å²) in [6.45, 7) is 2.56. The first-order valence-corrected chi connectivity index (χ1v) is 7.84. The Morgan fingerprint density at radius 2 is 2.20 bits per heavy atom. The van der Waals surface area contributed by atoms with Crippen LogP contribution in [0.5, 0.6) is 0 Å². The number of aromatic nitrogens is 4. The van der Waals surface area contributed by atoms with Crippen molar-refractivity contribution in [3.05, 3.63) is 47.7 Å². The van der Waals surface area contributed by atoms with Gasteiger partial charge in [-0.05, 0) is 18.6 Å². The largest absolute Gasteiger partial charge is 0.381 e. The number of nitrogens with zero attached hydrogens (tertiary/aromatic N) is 5. The molecular formula is C17H20N8. The maximum absolute atomic E-state index is 7.50. The molecule has 0 saturated heterocycles. The summed E-state index contributed by atoms with van der Waals surface area (Å²) in [6.07, 6.45) is 8.35. The maximum Gasteiger partial charge on any atom is 0.169 e. The van der Waals surface area contributed by atoms with Gasteiger partial charge in [-0.3, -0.25) is 4.99 Å². The zero-order valence-corrected chi connectivity index (χ0v) is 14.1. The van der Waals surface area contributed by atoms with Gasteiger partial charge in [0.05, 0.1) is 17.8 Å². The molecule has 3 aromatic heterocycles. The third-order valence-electron chi connectivity index (χ3n) is 3.86. The monoisotopic (exact) mass is 336 g/mol. The van der Waals surface area contributed by atoms with E-state index in [2.05, 4.69) is 25.3 Å². The molecule has 4 N–H and O–H groups in total. The van der Waals surface area contributed by atoms with Crippen molar-refractivity contribution < 1.29 is 0 Å². The highest BCUT2D eigenvalue weighted by atomic mass is 15.1. The summed E-state index contributed by atoms with van der Waals surface area (Å²) in [6, 6.07) is 3.98. The standard InChI is InChI=1S/C17H20N8/c1-11-6-21-15-4-3-12(10-25(11)15)7-23-17-16(19)22-9-14(24-17)13(5-18)8-20-2/h3-6,8-10,13,18H,7H2,1-2H3,(H2,19,22)(H,23,24). The van der Waals surface area contributed by atoms with Crippen LogP contribution in [-0.2, 0) is 6.54 Å². The van der Waals surface area contributed by atoms with E-state index < -0.39 is 0 Å². The van der Waals surface area contributed by atoms with Gasteiger partial charge in [-0.1, -0.05) is 6.07 Å². The number of rotatable bonds is 6. The highest BCUT2D eigenvalue weighted by Gasteiger charge is 2.11. The number of fused-ring (bicyclic) bond motifs is 1. The third kappa shape index (κ3) is 3.47. The van der Waals surface area contributed by atoms with Crippen molar-refractivity contribution in [3.63, 3.8) is 0 Å². The van der Waals surface area contributed by atoms with Gasteiger partial charge in [0.2, 0.25) is 0 Å². The molecule has 0 fully saturated rings. The summed E-state index contributed by atoms with van der Waals surface area (Å²) in [4.78, 5) is 16.9. The van der Waals surface area contributed by atoms with Gasteiger partial charge in [-0.15, -0.1) is 0 Å². The molecule has 1 unspecified atom stereocenters. The fourth-order valence-corrected chi connectivity index (χ4v) is 2.50. The number of nitrogens with two attached hydrogens (primary N) is 1. The van der Waals surface area contributed by atoms with Gasteiger partial charge < -0.3 is 20.9 Å².